The average Bonchev–Trinajstić information content (AvgIpc) is 2.60. The molecule has 0 aromatic heterocycles. The largest absolute Gasteiger partial charge is 0.507 e. The molecule has 0 aliphatic rings. The van der Waals surface area contributed by atoms with Crippen molar-refractivity contribution in [1.29, 1.82) is 0 Å². The second-order valence-corrected chi connectivity index (χ2v) is 6.62. The Labute approximate surface area is 147 Å². The molecule has 0 saturated carbocycles. The fourth-order valence-corrected chi connectivity index (χ4v) is 3.11. The Hall–Kier alpha value is -3.37. The van der Waals surface area contributed by atoms with Gasteiger partial charge in [0.15, 0.2) is 0 Å². The van der Waals surface area contributed by atoms with Crippen molar-refractivity contribution in [3.8, 4) is 5.75 Å². The molecular weight excluding hydrogens is 362 g/mol. The lowest BCUT2D eigenvalue weighted by atomic mass is 10.1. The predicted octanol–water partition coefficient (Wildman–Crippen LogP) is 4.12. The minimum atomic E-state index is -4.55. The lowest BCUT2D eigenvalue weighted by Crippen LogP contribution is -1.99. The highest BCUT2D eigenvalue weighted by Gasteiger charge is 2.18. The van der Waals surface area contributed by atoms with Gasteiger partial charge in [0.25, 0.3) is 15.8 Å². The number of rotatable bonds is 4. The summed E-state index contributed by atoms with van der Waals surface area (Å²) in [4.78, 5) is 9.69. The van der Waals surface area contributed by atoms with E-state index in [-0.39, 0.29) is 27.9 Å². The van der Waals surface area contributed by atoms with Gasteiger partial charge in [-0.15, -0.1) is 5.11 Å². The molecule has 0 atom stereocenters. The summed E-state index contributed by atoms with van der Waals surface area (Å²) in [6.07, 6.45) is 0. The molecule has 0 amide bonds. The molecule has 0 saturated heterocycles. The molecule has 10 heteroatoms. The van der Waals surface area contributed by atoms with Gasteiger partial charge in [0.2, 0.25) is 0 Å². The van der Waals surface area contributed by atoms with Crippen molar-refractivity contribution < 1.29 is 23.0 Å². The number of fused-ring (bicyclic) bond motifs is 1. The number of phenolic OH excluding ortho intramolecular Hbond substituents is 1. The Bertz CT molecular complexity index is 1140. The number of nitro groups is 1. The van der Waals surface area contributed by atoms with Crippen molar-refractivity contribution in [1.82, 2.24) is 0 Å². The number of hydrogen-bond donors (Lipinski definition) is 2. The number of aromatic hydroxyl groups is 1. The minimum Gasteiger partial charge on any atom is -0.507 e. The summed E-state index contributed by atoms with van der Waals surface area (Å²) < 4.78 is 32.7. The Morgan fingerprint density at radius 3 is 2.27 bits per heavy atom. The molecule has 3 aromatic carbocycles. The molecule has 0 heterocycles. The molecular formula is C16H11N3O6S. The molecule has 132 valence electrons. The summed E-state index contributed by atoms with van der Waals surface area (Å²) in [5.41, 5.74) is 0.304. The number of hydrogen-bond acceptors (Lipinski definition) is 7. The van der Waals surface area contributed by atoms with Crippen LogP contribution >= 0.6 is 0 Å². The minimum absolute atomic E-state index is 0.0145. The normalized spacial score (nSPS) is 11.9. The molecule has 0 fully saturated rings. The van der Waals surface area contributed by atoms with E-state index in [0.29, 0.717) is 5.69 Å². The first-order valence-electron chi connectivity index (χ1n) is 7.16. The van der Waals surface area contributed by atoms with Crippen LogP contribution in [0.15, 0.2) is 69.7 Å². The summed E-state index contributed by atoms with van der Waals surface area (Å²) in [5, 5.41) is 28.7. The van der Waals surface area contributed by atoms with E-state index in [9.17, 15) is 28.2 Å². The maximum absolute atomic E-state index is 11.6. The Morgan fingerprint density at radius 2 is 1.65 bits per heavy atom. The van der Waals surface area contributed by atoms with Gasteiger partial charge in [0.1, 0.15) is 10.6 Å². The van der Waals surface area contributed by atoms with E-state index >= 15 is 0 Å². The predicted molar refractivity (Wildman–Crippen MR) is 92.7 cm³/mol. The van der Waals surface area contributed by atoms with Gasteiger partial charge < -0.3 is 5.11 Å². The summed E-state index contributed by atoms with van der Waals surface area (Å²) in [5.74, 6) is -0.181. The standard InChI is InChI=1S/C16H11N3O6S/c20-14-9-8-13(16-12(14)2-1-3-15(16)26(23,24)25)18-17-10-4-6-11(7-5-10)19(21)22/h1-9,20H,(H,23,24,25). The summed E-state index contributed by atoms with van der Waals surface area (Å²) in [6.45, 7) is 0. The molecule has 0 unspecified atom stereocenters. The van der Waals surface area contributed by atoms with E-state index in [2.05, 4.69) is 10.2 Å². The van der Waals surface area contributed by atoms with Gasteiger partial charge in [-0.05, 0) is 30.3 Å². The van der Waals surface area contributed by atoms with E-state index in [0.717, 1.165) is 0 Å². The van der Waals surface area contributed by atoms with Crippen LogP contribution in [0.4, 0.5) is 17.1 Å². The van der Waals surface area contributed by atoms with Gasteiger partial charge in [-0.2, -0.15) is 13.5 Å². The number of nitro benzene ring substituents is 1. The molecule has 3 aromatic rings. The molecule has 0 radical (unpaired) electrons. The van der Waals surface area contributed by atoms with Crippen LogP contribution in [0.1, 0.15) is 0 Å². The molecule has 0 aliphatic carbocycles. The van der Waals surface area contributed by atoms with Crippen LogP contribution in [-0.2, 0) is 10.1 Å². The van der Waals surface area contributed by atoms with E-state index in [1.807, 2.05) is 0 Å². The molecule has 2 N–H and O–H groups in total. The zero-order chi connectivity index (χ0) is 18.9. The van der Waals surface area contributed by atoms with Crippen LogP contribution < -0.4 is 0 Å². The zero-order valence-corrected chi connectivity index (χ0v) is 13.8. The zero-order valence-electron chi connectivity index (χ0n) is 13.0. The van der Waals surface area contributed by atoms with Gasteiger partial charge in [0.05, 0.1) is 16.3 Å². The van der Waals surface area contributed by atoms with E-state index in [4.69, 9.17) is 0 Å². The number of non-ortho nitro benzene ring substituents is 1. The van der Waals surface area contributed by atoms with Crippen molar-refractivity contribution in [3.05, 3.63) is 64.7 Å². The van der Waals surface area contributed by atoms with Crippen LogP contribution in [0.5, 0.6) is 5.75 Å². The molecule has 0 bridgehead atoms. The van der Waals surface area contributed by atoms with Gasteiger partial charge in [-0.3, -0.25) is 14.7 Å². The first kappa shape index (κ1) is 17.5. The second kappa shape index (κ2) is 6.50. The van der Waals surface area contributed by atoms with Crippen LogP contribution in [0.3, 0.4) is 0 Å². The molecule has 26 heavy (non-hydrogen) atoms. The maximum atomic E-state index is 11.6. The van der Waals surface area contributed by atoms with Crippen molar-refractivity contribution in [2.24, 2.45) is 10.2 Å². The Balaban J connectivity index is 2.13. The summed E-state index contributed by atoms with van der Waals surface area (Å²) >= 11 is 0. The number of azo groups is 1. The third kappa shape index (κ3) is 3.36. The lowest BCUT2D eigenvalue weighted by molar-refractivity contribution is -0.384. The highest BCUT2D eigenvalue weighted by Crippen LogP contribution is 2.37. The van der Waals surface area contributed by atoms with Gasteiger partial charge in [-0.1, -0.05) is 12.1 Å². The van der Waals surface area contributed by atoms with Gasteiger partial charge in [-0.25, -0.2) is 0 Å². The highest BCUT2D eigenvalue weighted by molar-refractivity contribution is 7.86. The third-order valence-corrected chi connectivity index (χ3v) is 4.47. The van der Waals surface area contributed by atoms with Crippen LogP contribution in [0, 0.1) is 10.1 Å². The number of benzene rings is 3. The maximum Gasteiger partial charge on any atom is 0.295 e. The van der Waals surface area contributed by atoms with Gasteiger partial charge in [0, 0.05) is 22.9 Å². The fourth-order valence-electron chi connectivity index (χ4n) is 2.39. The highest BCUT2D eigenvalue weighted by atomic mass is 32.2. The molecule has 0 aliphatic heterocycles. The first-order valence-corrected chi connectivity index (χ1v) is 8.60. The van der Waals surface area contributed by atoms with Crippen molar-refractivity contribution in [2.45, 2.75) is 4.90 Å². The SMILES string of the molecule is O=[N+]([O-])c1ccc(N=Nc2ccc(O)c3cccc(S(=O)(=O)O)c23)cc1. The third-order valence-electron chi connectivity index (χ3n) is 3.57. The van der Waals surface area contributed by atoms with Crippen molar-refractivity contribution in [3.63, 3.8) is 0 Å². The van der Waals surface area contributed by atoms with E-state index < -0.39 is 19.9 Å². The second-order valence-electron chi connectivity index (χ2n) is 5.23. The van der Waals surface area contributed by atoms with Crippen LogP contribution in [0.2, 0.25) is 0 Å². The average molecular weight is 373 g/mol. The van der Waals surface area contributed by atoms with Crippen molar-refractivity contribution >= 4 is 38.0 Å². The number of nitrogens with zero attached hydrogens (tertiary/aromatic N) is 3. The van der Waals surface area contributed by atoms with Crippen LogP contribution in [0.25, 0.3) is 10.8 Å². The Kier molecular flexibility index (Phi) is 4.36. The quantitative estimate of drug-likeness (QED) is 0.305. The summed E-state index contributed by atoms with van der Waals surface area (Å²) in [6, 6.07) is 12.0. The molecule has 0 spiro atoms. The smallest absolute Gasteiger partial charge is 0.295 e. The number of phenols is 1. The fraction of sp³-hybridized carbons (Fsp3) is 0. The monoisotopic (exact) mass is 373 g/mol. The van der Waals surface area contributed by atoms with Crippen molar-refractivity contribution in [2.75, 3.05) is 0 Å². The molecule has 9 nitrogen and oxygen atoms in total. The van der Waals surface area contributed by atoms with Gasteiger partial charge >= 0.3 is 0 Å². The summed E-state index contributed by atoms with van der Waals surface area (Å²) in [7, 11) is -4.55. The first-order chi connectivity index (χ1) is 12.3. The van der Waals surface area contributed by atoms with E-state index in [1.165, 1.54) is 54.6 Å². The van der Waals surface area contributed by atoms with E-state index in [1.54, 1.807) is 0 Å². The lowest BCUT2D eigenvalue weighted by Gasteiger charge is -2.07. The Morgan fingerprint density at radius 1 is 0.962 bits per heavy atom. The van der Waals surface area contributed by atoms with Crippen LogP contribution in [-0.4, -0.2) is 23.0 Å². The molecule has 3 rings (SSSR count). The topological polar surface area (TPSA) is 142 Å².